The summed E-state index contributed by atoms with van der Waals surface area (Å²) in [6, 6.07) is 23.4. The monoisotopic (exact) mass is 464 g/mol. The number of aliphatic hydroxyl groups excluding tert-OH is 1. The molecule has 33 heavy (non-hydrogen) atoms. The van der Waals surface area contributed by atoms with Crippen molar-refractivity contribution in [1.29, 1.82) is 5.26 Å². The third-order valence-electron chi connectivity index (χ3n) is 5.34. The Kier molecular flexibility index (Phi) is 9.38. The van der Waals surface area contributed by atoms with Gasteiger partial charge in [0.05, 0.1) is 32.3 Å². The zero-order valence-electron chi connectivity index (χ0n) is 19.9. The van der Waals surface area contributed by atoms with E-state index in [1.54, 1.807) is 0 Å². The lowest BCUT2D eigenvalue weighted by Crippen LogP contribution is -2.33. The SMILES string of the molecule is CC(C)N(C(C)C)[P@](OCCC#N)OCc1cc(CO)cc(-c2cccc3ccccc23)c1. The predicted molar refractivity (Wildman–Crippen MR) is 135 cm³/mol. The molecule has 0 heterocycles. The Morgan fingerprint density at radius 3 is 2.33 bits per heavy atom. The van der Waals surface area contributed by atoms with Crippen molar-refractivity contribution in [2.45, 2.75) is 59.4 Å². The van der Waals surface area contributed by atoms with E-state index in [9.17, 15) is 5.11 Å². The van der Waals surface area contributed by atoms with Crippen molar-refractivity contribution in [3.63, 3.8) is 0 Å². The Morgan fingerprint density at radius 1 is 0.939 bits per heavy atom. The first-order valence-corrected chi connectivity index (χ1v) is 12.5. The molecule has 1 N–H and O–H groups in total. The first-order valence-electron chi connectivity index (χ1n) is 11.4. The predicted octanol–water partition coefficient (Wildman–Crippen LogP) is 6.79. The maximum atomic E-state index is 9.90. The van der Waals surface area contributed by atoms with E-state index < -0.39 is 8.53 Å². The molecule has 6 heteroatoms. The second-order valence-electron chi connectivity index (χ2n) is 8.54. The fourth-order valence-electron chi connectivity index (χ4n) is 4.01. The van der Waals surface area contributed by atoms with Gasteiger partial charge >= 0.3 is 0 Å². The summed E-state index contributed by atoms with van der Waals surface area (Å²) in [7, 11) is -1.32. The zero-order valence-corrected chi connectivity index (χ0v) is 20.8. The molecule has 0 amide bonds. The quantitative estimate of drug-likeness (QED) is 0.250. The van der Waals surface area contributed by atoms with E-state index >= 15 is 0 Å². The Balaban J connectivity index is 1.90. The minimum atomic E-state index is -1.32. The first-order chi connectivity index (χ1) is 15.9. The van der Waals surface area contributed by atoms with Gasteiger partial charge in [-0.25, -0.2) is 4.67 Å². The summed E-state index contributed by atoms with van der Waals surface area (Å²) >= 11 is 0. The molecule has 1 atom stereocenters. The van der Waals surface area contributed by atoms with Gasteiger partial charge in [-0.05, 0) is 72.9 Å². The lowest BCUT2D eigenvalue weighted by molar-refractivity contribution is 0.171. The number of hydrogen-bond acceptors (Lipinski definition) is 5. The fourth-order valence-corrected chi connectivity index (χ4v) is 5.62. The number of hydrogen-bond donors (Lipinski definition) is 1. The van der Waals surface area contributed by atoms with Crippen molar-refractivity contribution in [3.8, 4) is 17.2 Å². The maximum Gasteiger partial charge on any atom is 0.259 e. The molecular weight excluding hydrogens is 431 g/mol. The van der Waals surface area contributed by atoms with E-state index in [1.165, 1.54) is 10.8 Å². The highest BCUT2D eigenvalue weighted by Gasteiger charge is 2.27. The Hall–Kier alpha value is -2.32. The number of fused-ring (bicyclic) bond motifs is 1. The van der Waals surface area contributed by atoms with Crippen LogP contribution in [0, 0.1) is 11.3 Å². The number of aliphatic hydroxyl groups is 1. The molecule has 0 saturated heterocycles. The van der Waals surface area contributed by atoms with Gasteiger partial charge in [0.2, 0.25) is 0 Å². The van der Waals surface area contributed by atoms with Crippen LogP contribution >= 0.6 is 8.53 Å². The van der Waals surface area contributed by atoms with Crippen LogP contribution in [0.1, 0.15) is 45.2 Å². The maximum absolute atomic E-state index is 9.90. The summed E-state index contributed by atoms with van der Waals surface area (Å²) in [4.78, 5) is 0. The van der Waals surface area contributed by atoms with Crippen molar-refractivity contribution in [3.05, 3.63) is 71.8 Å². The van der Waals surface area contributed by atoms with E-state index in [0.717, 1.165) is 22.3 Å². The highest BCUT2D eigenvalue weighted by molar-refractivity contribution is 7.44. The van der Waals surface area contributed by atoms with Crippen LogP contribution in [0.25, 0.3) is 21.9 Å². The Labute approximate surface area is 198 Å². The summed E-state index contributed by atoms with van der Waals surface area (Å²) in [6.45, 7) is 9.16. The smallest absolute Gasteiger partial charge is 0.259 e. The van der Waals surface area contributed by atoms with E-state index in [-0.39, 0.29) is 18.7 Å². The van der Waals surface area contributed by atoms with Crippen LogP contribution in [0.2, 0.25) is 0 Å². The minimum Gasteiger partial charge on any atom is -0.392 e. The second-order valence-corrected chi connectivity index (χ2v) is 10.00. The molecule has 0 fully saturated rings. The molecule has 5 nitrogen and oxygen atoms in total. The van der Waals surface area contributed by atoms with Crippen LogP contribution in [0.4, 0.5) is 0 Å². The molecule has 174 valence electrons. The normalized spacial score (nSPS) is 12.6. The van der Waals surface area contributed by atoms with Crippen molar-refractivity contribution in [2.24, 2.45) is 0 Å². The van der Waals surface area contributed by atoms with Gasteiger partial charge in [0.1, 0.15) is 0 Å². The van der Waals surface area contributed by atoms with Crippen LogP contribution in [0.15, 0.2) is 60.7 Å². The van der Waals surface area contributed by atoms with Crippen molar-refractivity contribution in [2.75, 3.05) is 6.61 Å². The molecule has 0 aliphatic heterocycles. The molecule has 0 unspecified atom stereocenters. The number of benzene rings is 3. The van der Waals surface area contributed by atoms with Crippen LogP contribution in [-0.4, -0.2) is 28.5 Å². The van der Waals surface area contributed by atoms with E-state index in [4.69, 9.17) is 14.3 Å². The molecule has 0 aliphatic rings. The van der Waals surface area contributed by atoms with Gasteiger partial charge in [-0.1, -0.05) is 48.5 Å². The van der Waals surface area contributed by atoms with Crippen molar-refractivity contribution < 1.29 is 14.2 Å². The topological polar surface area (TPSA) is 65.7 Å². The summed E-state index contributed by atoms with van der Waals surface area (Å²) in [6.07, 6.45) is 0.331. The van der Waals surface area contributed by atoms with Gasteiger partial charge in [-0.2, -0.15) is 5.26 Å². The highest BCUT2D eigenvalue weighted by atomic mass is 31.2. The van der Waals surface area contributed by atoms with Crippen LogP contribution in [0.3, 0.4) is 0 Å². The van der Waals surface area contributed by atoms with E-state index in [2.05, 4.69) is 74.8 Å². The summed E-state index contributed by atoms with van der Waals surface area (Å²) in [5.74, 6) is 0. The molecule has 0 aliphatic carbocycles. The summed E-state index contributed by atoms with van der Waals surface area (Å²) in [5.41, 5.74) is 4.01. The van der Waals surface area contributed by atoms with Gasteiger partial charge in [0.25, 0.3) is 8.53 Å². The average Bonchev–Trinajstić information content (AvgIpc) is 2.81. The molecule has 3 aromatic carbocycles. The summed E-state index contributed by atoms with van der Waals surface area (Å²) < 4.78 is 14.5. The Morgan fingerprint density at radius 2 is 1.64 bits per heavy atom. The first kappa shape index (κ1) is 25.3. The molecule has 3 rings (SSSR count). The van der Waals surface area contributed by atoms with E-state index in [0.29, 0.717) is 19.6 Å². The Bertz CT molecular complexity index is 1080. The van der Waals surface area contributed by atoms with Crippen molar-refractivity contribution in [1.82, 2.24) is 4.67 Å². The highest BCUT2D eigenvalue weighted by Crippen LogP contribution is 2.47. The minimum absolute atomic E-state index is 0.0385. The van der Waals surface area contributed by atoms with Gasteiger partial charge in [0.15, 0.2) is 0 Å². The molecular formula is C27H33N2O3P. The lowest BCUT2D eigenvalue weighted by Gasteiger charge is -2.35. The molecule has 0 radical (unpaired) electrons. The van der Waals surface area contributed by atoms with E-state index in [1.807, 2.05) is 24.3 Å². The zero-order chi connectivity index (χ0) is 23.8. The van der Waals surface area contributed by atoms with Gasteiger partial charge in [-0.3, -0.25) is 0 Å². The molecule has 0 saturated carbocycles. The number of nitrogens with zero attached hydrogens (tertiary/aromatic N) is 2. The second kappa shape index (κ2) is 12.2. The summed E-state index contributed by atoms with van der Waals surface area (Å²) in [5, 5.41) is 21.2. The lowest BCUT2D eigenvalue weighted by atomic mass is 9.95. The van der Waals surface area contributed by atoms with Gasteiger partial charge < -0.3 is 14.2 Å². The standard InChI is InChI=1S/C27H33N2O3P/c1-20(2)29(21(3)4)33(31-14-8-13-28)32-19-23-15-22(18-30)16-25(17-23)27-12-7-10-24-9-5-6-11-26(24)27/h5-7,9-12,15-17,20-21,30H,8,14,18-19H2,1-4H3/t33-/m1/s1. The van der Waals surface area contributed by atoms with Gasteiger partial charge in [0, 0.05) is 12.1 Å². The molecule has 0 spiro atoms. The molecule has 0 aromatic heterocycles. The van der Waals surface area contributed by atoms with Crippen LogP contribution in [0.5, 0.6) is 0 Å². The molecule has 0 bridgehead atoms. The number of rotatable bonds is 11. The largest absolute Gasteiger partial charge is 0.392 e. The van der Waals surface area contributed by atoms with Gasteiger partial charge in [-0.15, -0.1) is 0 Å². The van der Waals surface area contributed by atoms with Crippen LogP contribution in [-0.2, 0) is 22.3 Å². The number of nitriles is 1. The third kappa shape index (κ3) is 6.60. The van der Waals surface area contributed by atoms with Crippen LogP contribution < -0.4 is 0 Å². The third-order valence-corrected chi connectivity index (χ3v) is 7.39. The average molecular weight is 465 g/mol. The van der Waals surface area contributed by atoms with Crippen molar-refractivity contribution >= 4 is 19.3 Å². The molecule has 3 aromatic rings. The fraction of sp³-hybridized carbons (Fsp3) is 0.370.